The summed E-state index contributed by atoms with van der Waals surface area (Å²) in [5.41, 5.74) is -0.160. The van der Waals surface area contributed by atoms with Gasteiger partial charge < -0.3 is 9.47 Å². The molecule has 2 heterocycles. The molecule has 1 unspecified atom stereocenters. The molecule has 0 bridgehead atoms. The van der Waals surface area contributed by atoms with Crippen LogP contribution in [0.4, 0.5) is 0 Å². The third-order valence-electron chi connectivity index (χ3n) is 4.62. The van der Waals surface area contributed by atoms with Crippen LogP contribution in [0.2, 0.25) is 0 Å². The number of rotatable bonds is 3. The van der Waals surface area contributed by atoms with Crippen molar-refractivity contribution in [3.8, 4) is 0 Å². The van der Waals surface area contributed by atoms with Gasteiger partial charge in [0.2, 0.25) is 0 Å². The van der Waals surface area contributed by atoms with Crippen molar-refractivity contribution in [2.75, 3.05) is 19.7 Å². The summed E-state index contributed by atoms with van der Waals surface area (Å²) >= 11 is 0. The number of nitrogens with zero attached hydrogens (tertiary/aromatic N) is 1. The Morgan fingerprint density at radius 3 is 2.30 bits per heavy atom. The Balaban J connectivity index is 1.92. The largest absolute Gasteiger partial charge is 0.466 e. The van der Waals surface area contributed by atoms with E-state index in [9.17, 15) is 4.79 Å². The lowest BCUT2D eigenvalue weighted by molar-refractivity contribution is -0.150. The maximum Gasteiger partial charge on any atom is 0.309 e. The summed E-state index contributed by atoms with van der Waals surface area (Å²) in [5, 5.41) is 0. The Morgan fingerprint density at radius 1 is 1.25 bits per heavy atom. The van der Waals surface area contributed by atoms with Gasteiger partial charge in [0.15, 0.2) is 0 Å². The molecule has 4 heteroatoms. The molecule has 0 aromatic carbocycles. The number of carbonyl (C=O) groups excluding carboxylic acids is 1. The molecule has 0 aliphatic carbocycles. The molecule has 2 aliphatic rings. The van der Waals surface area contributed by atoms with Gasteiger partial charge in [-0.2, -0.15) is 0 Å². The van der Waals surface area contributed by atoms with Crippen LogP contribution in [-0.4, -0.2) is 47.8 Å². The highest BCUT2D eigenvalue weighted by Gasteiger charge is 2.49. The van der Waals surface area contributed by atoms with Gasteiger partial charge in [0.1, 0.15) is 0 Å². The lowest BCUT2D eigenvalue weighted by Crippen LogP contribution is -2.50. The number of hydrogen-bond acceptors (Lipinski definition) is 4. The Hall–Kier alpha value is -0.610. The molecule has 0 amide bonds. The minimum Gasteiger partial charge on any atom is -0.466 e. The van der Waals surface area contributed by atoms with Crippen molar-refractivity contribution in [3.05, 3.63) is 0 Å². The van der Waals surface area contributed by atoms with E-state index in [4.69, 9.17) is 9.47 Å². The van der Waals surface area contributed by atoms with Gasteiger partial charge >= 0.3 is 5.97 Å². The second-order valence-corrected chi connectivity index (χ2v) is 7.25. The molecule has 116 valence electrons. The molecular weight excluding hydrogens is 254 g/mol. The zero-order valence-corrected chi connectivity index (χ0v) is 13.6. The van der Waals surface area contributed by atoms with Crippen LogP contribution in [0.15, 0.2) is 0 Å². The van der Waals surface area contributed by atoms with Crippen LogP contribution in [0.5, 0.6) is 0 Å². The van der Waals surface area contributed by atoms with E-state index < -0.39 is 0 Å². The molecule has 1 atom stereocenters. The molecule has 2 rings (SSSR count). The molecule has 0 spiro atoms. The normalized spacial score (nSPS) is 30.4. The van der Waals surface area contributed by atoms with E-state index in [-0.39, 0.29) is 23.1 Å². The molecule has 4 nitrogen and oxygen atoms in total. The smallest absolute Gasteiger partial charge is 0.309 e. The molecule has 0 radical (unpaired) electrons. The topological polar surface area (TPSA) is 38.8 Å². The Morgan fingerprint density at radius 2 is 1.85 bits per heavy atom. The minimum absolute atomic E-state index is 0.0191. The fourth-order valence-corrected chi connectivity index (χ4v) is 3.81. The summed E-state index contributed by atoms with van der Waals surface area (Å²) in [5.74, 6) is 0.0686. The molecule has 2 saturated heterocycles. The lowest BCUT2D eigenvalue weighted by atomic mass is 9.89. The zero-order chi connectivity index (χ0) is 15.0. The van der Waals surface area contributed by atoms with E-state index >= 15 is 0 Å². The number of likely N-dealkylation sites (tertiary alicyclic amines) is 1. The minimum atomic E-state index is -0.111. The monoisotopic (exact) mass is 283 g/mol. The van der Waals surface area contributed by atoms with E-state index in [0.29, 0.717) is 12.6 Å². The summed E-state index contributed by atoms with van der Waals surface area (Å²) in [6.07, 6.45) is 2.88. The second kappa shape index (κ2) is 5.64. The lowest BCUT2D eigenvalue weighted by Gasteiger charge is -2.40. The van der Waals surface area contributed by atoms with Crippen LogP contribution < -0.4 is 0 Å². The van der Waals surface area contributed by atoms with Gasteiger partial charge in [-0.3, -0.25) is 9.69 Å². The quantitative estimate of drug-likeness (QED) is 0.746. The third kappa shape index (κ3) is 3.34. The van der Waals surface area contributed by atoms with Crippen LogP contribution in [0, 0.1) is 5.92 Å². The van der Waals surface area contributed by atoms with Crippen molar-refractivity contribution in [1.29, 1.82) is 0 Å². The summed E-state index contributed by atoms with van der Waals surface area (Å²) in [6, 6.07) is 0.445. The van der Waals surface area contributed by atoms with Crippen molar-refractivity contribution in [3.63, 3.8) is 0 Å². The predicted molar refractivity (Wildman–Crippen MR) is 78.6 cm³/mol. The van der Waals surface area contributed by atoms with Gasteiger partial charge in [-0.25, -0.2) is 0 Å². The highest BCUT2D eigenvalue weighted by Crippen LogP contribution is 2.41. The van der Waals surface area contributed by atoms with E-state index in [1.54, 1.807) is 0 Å². The first kappa shape index (κ1) is 15.8. The second-order valence-electron chi connectivity index (χ2n) is 7.25. The summed E-state index contributed by atoms with van der Waals surface area (Å²) in [4.78, 5) is 14.3. The van der Waals surface area contributed by atoms with Gasteiger partial charge in [-0.15, -0.1) is 0 Å². The maximum absolute atomic E-state index is 11.8. The molecule has 2 aliphatic heterocycles. The van der Waals surface area contributed by atoms with Crippen LogP contribution in [0.3, 0.4) is 0 Å². The summed E-state index contributed by atoms with van der Waals surface area (Å²) < 4.78 is 11.3. The van der Waals surface area contributed by atoms with E-state index in [2.05, 4.69) is 32.6 Å². The Kier molecular flexibility index (Phi) is 4.45. The number of esters is 1. The van der Waals surface area contributed by atoms with Gasteiger partial charge in [0, 0.05) is 6.04 Å². The first-order chi connectivity index (χ1) is 9.25. The maximum atomic E-state index is 11.8. The highest BCUT2D eigenvalue weighted by atomic mass is 16.5. The van der Waals surface area contributed by atoms with Gasteiger partial charge in [0.05, 0.1) is 23.7 Å². The predicted octanol–water partition coefficient (Wildman–Crippen LogP) is 2.61. The average Bonchev–Trinajstić information content (AvgIpc) is 2.58. The van der Waals surface area contributed by atoms with Gasteiger partial charge in [-0.05, 0) is 67.0 Å². The van der Waals surface area contributed by atoms with Crippen molar-refractivity contribution >= 4 is 5.97 Å². The number of ether oxygens (including phenoxy) is 2. The SMILES string of the molecule is CCOC(=O)C1CCN(C2CC(C)(C)OC2(C)C)CC1. The summed E-state index contributed by atoms with van der Waals surface area (Å²) in [7, 11) is 0. The van der Waals surface area contributed by atoms with Crippen LogP contribution in [0.1, 0.15) is 53.9 Å². The van der Waals surface area contributed by atoms with E-state index in [1.807, 2.05) is 6.92 Å². The van der Waals surface area contributed by atoms with E-state index in [1.165, 1.54) is 0 Å². The molecule has 0 saturated carbocycles. The molecule has 20 heavy (non-hydrogen) atoms. The van der Waals surface area contributed by atoms with Crippen LogP contribution in [-0.2, 0) is 14.3 Å². The van der Waals surface area contributed by atoms with Crippen LogP contribution >= 0.6 is 0 Å². The van der Waals surface area contributed by atoms with Crippen molar-refractivity contribution in [1.82, 2.24) is 4.90 Å². The summed E-state index contributed by atoms with van der Waals surface area (Å²) in [6.45, 7) is 13.0. The van der Waals surface area contributed by atoms with Crippen LogP contribution in [0.25, 0.3) is 0 Å². The number of hydrogen-bond donors (Lipinski definition) is 0. The van der Waals surface area contributed by atoms with Crippen molar-refractivity contribution < 1.29 is 14.3 Å². The van der Waals surface area contributed by atoms with Crippen molar-refractivity contribution in [2.24, 2.45) is 5.92 Å². The Bertz CT molecular complexity index is 357. The average molecular weight is 283 g/mol. The highest BCUT2D eigenvalue weighted by molar-refractivity contribution is 5.72. The molecule has 2 fully saturated rings. The molecule has 0 aromatic rings. The first-order valence-corrected chi connectivity index (χ1v) is 7.86. The van der Waals surface area contributed by atoms with Gasteiger partial charge in [-0.1, -0.05) is 0 Å². The molecule has 0 aromatic heterocycles. The Labute approximate surface area is 122 Å². The standard InChI is InChI=1S/C16H29NO3/c1-6-19-14(18)12-7-9-17(10-8-12)13-11-15(2,3)20-16(13,4)5/h12-13H,6-11H2,1-5H3. The van der Waals surface area contributed by atoms with Gasteiger partial charge in [0.25, 0.3) is 0 Å². The number of carbonyl (C=O) groups is 1. The van der Waals surface area contributed by atoms with E-state index in [0.717, 1.165) is 32.4 Å². The molecule has 0 N–H and O–H groups in total. The fraction of sp³-hybridized carbons (Fsp3) is 0.938. The fourth-order valence-electron chi connectivity index (χ4n) is 3.81. The zero-order valence-electron chi connectivity index (χ0n) is 13.6. The third-order valence-corrected chi connectivity index (χ3v) is 4.62. The number of piperidine rings is 1. The first-order valence-electron chi connectivity index (χ1n) is 7.86. The molecular formula is C16H29NO3. The van der Waals surface area contributed by atoms with Crippen molar-refractivity contribution in [2.45, 2.75) is 71.1 Å².